The number of amides is 1. The van der Waals surface area contributed by atoms with Crippen molar-refractivity contribution >= 4 is 11.6 Å². The Morgan fingerprint density at radius 1 is 1.00 bits per heavy atom. The summed E-state index contributed by atoms with van der Waals surface area (Å²) in [5.41, 5.74) is 1.78. The molecular weight excluding hydrogens is 300 g/mol. The number of carbonyl (C=O) groups is 1. The topological polar surface area (TPSA) is 46.9 Å². The summed E-state index contributed by atoms with van der Waals surface area (Å²) in [6.07, 6.45) is 3.19. The number of halogens is 2. The maximum absolute atomic E-state index is 12.9. The third-order valence-electron chi connectivity index (χ3n) is 3.26. The van der Waals surface area contributed by atoms with E-state index in [0.29, 0.717) is 17.8 Å². The second kappa shape index (κ2) is 6.39. The average Bonchev–Trinajstić information content (AvgIpc) is 2.97. The van der Waals surface area contributed by atoms with E-state index in [-0.39, 0.29) is 11.7 Å². The summed E-state index contributed by atoms with van der Waals surface area (Å²) in [6, 6.07) is 11.4. The number of hydrogen-bond acceptors (Lipinski definition) is 2. The van der Waals surface area contributed by atoms with Crippen molar-refractivity contribution in [1.29, 1.82) is 0 Å². The van der Waals surface area contributed by atoms with Crippen LogP contribution in [0.3, 0.4) is 0 Å². The molecule has 2 aromatic carbocycles. The van der Waals surface area contributed by atoms with Gasteiger partial charge in [-0.15, -0.1) is 0 Å². The number of aromatic nitrogens is 2. The molecule has 0 saturated heterocycles. The molecule has 1 N–H and O–H groups in total. The monoisotopic (exact) mass is 313 g/mol. The van der Waals surface area contributed by atoms with Gasteiger partial charge in [0.25, 0.3) is 5.91 Å². The Balaban J connectivity index is 1.66. The van der Waals surface area contributed by atoms with Crippen molar-refractivity contribution in [2.24, 2.45) is 0 Å². The molecule has 23 heavy (non-hydrogen) atoms. The molecule has 0 saturated carbocycles. The van der Waals surface area contributed by atoms with Crippen LogP contribution in [0.5, 0.6) is 0 Å². The zero-order valence-corrected chi connectivity index (χ0v) is 12.0. The number of benzene rings is 2. The van der Waals surface area contributed by atoms with Crippen LogP contribution in [0, 0.1) is 11.6 Å². The number of carbonyl (C=O) groups excluding carboxylic acids is 1. The van der Waals surface area contributed by atoms with Crippen LogP contribution < -0.4 is 5.32 Å². The highest BCUT2D eigenvalue weighted by molar-refractivity contribution is 6.04. The fourth-order valence-electron chi connectivity index (χ4n) is 2.10. The third-order valence-corrected chi connectivity index (χ3v) is 3.26. The van der Waals surface area contributed by atoms with Gasteiger partial charge in [-0.2, -0.15) is 5.10 Å². The smallest absolute Gasteiger partial charge is 0.255 e. The van der Waals surface area contributed by atoms with Crippen LogP contribution in [-0.2, 0) is 6.54 Å². The zero-order chi connectivity index (χ0) is 16.2. The molecule has 1 amide bonds. The lowest BCUT2D eigenvalue weighted by Gasteiger charge is -2.03. The quantitative estimate of drug-likeness (QED) is 0.802. The summed E-state index contributed by atoms with van der Waals surface area (Å²) in [5, 5.41) is 6.83. The minimum atomic E-state index is -0.395. The Bertz CT molecular complexity index is 811. The van der Waals surface area contributed by atoms with E-state index >= 15 is 0 Å². The highest BCUT2D eigenvalue weighted by atomic mass is 19.1. The molecule has 0 aliphatic rings. The van der Waals surface area contributed by atoms with Gasteiger partial charge in [0.2, 0.25) is 0 Å². The Labute approximate surface area is 131 Å². The second-order valence-corrected chi connectivity index (χ2v) is 5.01. The van der Waals surface area contributed by atoms with E-state index in [9.17, 15) is 13.6 Å². The summed E-state index contributed by atoms with van der Waals surface area (Å²) in [6.45, 7) is 0.465. The largest absolute Gasteiger partial charge is 0.319 e. The number of anilines is 1. The predicted octanol–water partition coefficient (Wildman–Crippen LogP) is 3.46. The number of nitrogens with zero attached hydrogens (tertiary/aromatic N) is 2. The van der Waals surface area contributed by atoms with Gasteiger partial charge < -0.3 is 5.32 Å². The van der Waals surface area contributed by atoms with Crippen LogP contribution >= 0.6 is 0 Å². The normalized spacial score (nSPS) is 10.5. The van der Waals surface area contributed by atoms with Crippen molar-refractivity contribution in [3.8, 4) is 0 Å². The summed E-state index contributed by atoms with van der Waals surface area (Å²) in [5.74, 6) is -1.03. The van der Waals surface area contributed by atoms with Gasteiger partial charge >= 0.3 is 0 Å². The van der Waals surface area contributed by atoms with Crippen LogP contribution in [0.2, 0.25) is 0 Å². The first-order chi connectivity index (χ1) is 11.1. The van der Waals surface area contributed by atoms with E-state index in [2.05, 4.69) is 10.4 Å². The SMILES string of the molecule is O=C(Nc1cnn(Cc2ccc(F)cc2)c1)c1ccc(F)cc1. The maximum Gasteiger partial charge on any atom is 0.255 e. The molecule has 0 atom stereocenters. The van der Waals surface area contributed by atoms with E-state index < -0.39 is 5.82 Å². The molecule has 1 heterocycles. The first kappa shape index (κ1) is 14.9. The molecule has 0 aliphatic carbocycles. The van der Waals surface area contributed by atoms with Gasteiger partial charge in [-0.3, -0.25) is 9.48 Å². The van der Waals surface area contributed by atoms with Crippen molar-refractivity contribution < 1.29 is 13.6 Å². The summed E-state index contributed by atoms with van der Waals surface area (Å²) in [7, 11) is 0. The Hall–Kier alpha value is -3.02. The van der Waals surface area contributed by atoms with Crippen LogP contribution in [0.1, 0.15) is 15.9 Å². The van der Waals surface area contributed by atoms with Crippen LogP contribution in [-0.4, -0.2) is 15.7 Å². The Kier molecular flexibility index (Phi) is 4.14. The van der Waals surface area contributed by atoms with E-state index in [4.69, 9.17) is 0 Å². The molecule has 3 aromatic rings. The molecule has 0 aliphatic heterocycles. The number of hydrogen-bond donors (Lipinski definition) is 1. The minimum absolute atomic E-state index is 0.290. The molecule has 0 spiro atoms. The summed E-state index contributed by atoms with van der Waals surface area (Å²) < 4.78 is 27.3. The van der Waals surface area contributed by atoms with Gasteiger partial charge in [-0.25, -0.2) is 8.78 Å². The second-order valence-electron chi connectivity index (χ2n) is 5.01. The molecule has 0 fully saturated rings. The van der Waals surface area contributed by atoms with Gasteiger partial charge in [-0.1, -0.05) is 12.1 Å². The van der Waals surface area contributed by atoms with E-state index in [1.807, 2.05) is 0 Å². The molecule has 1 aromatic heterocycles. The minimum Gasteiger partial charge on any atom is -0.319 e. The first-order valence-corrected chi connectivity index (χ1v) is 6.94. The van der Waals surface area contributed by atoms with Gasteiger partial charge in [-0.05, 0) is 42.0 Å². The lowest BCUT2D eigenvalue weighted by Crippen LogP contribution is -2.11. The number of rotatable bonds is 4. The van der Waals surface area contributed by atoms with E-state index in [1.54, 1.807) is 23.0 Å². The van der Waals surface area contributed by atoms with E-state index in [1.165, 1.54) is 42.6 Å². The Morgan fingerprint density at radius 3 is 2.26 bits per heavy atom. The van der Waals surface area contributed by atoms with Crippen molar-refractivity contribution in [2.75, 3.05) is 5.32 Å². The molecule has 0 bridgehead atoms. The van der Waals surface area contributed by atoms with Crippen molar-refractivity contribution in [1.82, 2.24) is 9.78 Å². The van der Waals surface area contributed by atoms with Gasteiger partial charge in [0.05, 0.1) is 18.4 Å². The lowest BCUT2D eigenvalue weighted by molar-refractivity contribution is 0.102. The average molecular weight is 313 g/mol. The van der Waals surface area contributed by atoms with Crippen LogP contribution in [0.25, 0.3) is 0 Å². The lowest BCUT2D eigenvalue weighted by atomic mass is 10.2. The van der Waals surface area contributed by atoms with Crippen LogP contribution in [0.15, 0.2) is 60.9 Å². The first-order valence-electron chi connectivity index (χ1n) is 6.94. The molecule has 3 rings (SSSR count). The summed E-state index contributed by atoms with van der Waals surface area (Å²) >= 11 is 0. The summed E-state index contributed by atoms with van der Waals surface area (Å²) in [4.78, 5) is 12.0. The maximum atomic E-state index is 12.9. The fourth-order valence-corrected chi connectivity index (χ4v) is 2.10. The van der Waals surface area contributed by atoms with Crippen LogP contribution in [0.4, 0.5) is 14.5 Å². The molecule has 6 heteroatoms. The van der Waals surface area contributed by atoms with Gasteiger partial charge in [0.1, 0.15) is 11.6 Å². The van der Waals surface area contributed by atoms with Crippen molar-refractivity contribution in [3.05, 3.63) is 83.7 Å². The van der Waals surface area contributed by atoms with Gasteiger partial charge in [0.15, 0.2) is 0 Å². The fraction of sp³-hybridized carbons (Fsp3) is 0.0588. The molecular formula is C17H13F2N3O. The third kappa shape index (κ3) is 3.79. The Morgan fingerprint density at radius 2 is 1.61 bits per heavy atom. The van der Waals surface area contributed by atoms with Crippen molar-refractivity contribution in [2.45, 2.75) is 6.54 Å². The predicted molar refractivity (Wildman–Crippen MR) is 82.1 cm³/mol. The molecule has 0 radical (unpaired) electrons. The van der Waals surface area contributed by atoms with E-state index in [0.717, 1.165) is 5.56 Å². The molecule has 0 unspecified atom stereocenters. The highest BCUT2D eigenvalue weighted by Crippen LogP contribution is 2.11. The number of nitrogens with one attached hydrogen (secondary N) is 1. The van der Waals surface area contributed by atoms with Crippen molar-refractivity contribution in [3.63, 3.8) is 0 Å². The van der Waals surface area contributed by atoms with Gasteiger partial charge in [0, 0.05) is 11.8 Å². The standard InChI is InChI=1S/C17H13F2N3O/c18-14-5-1-12(2-6-14)10-22-11-16(9-20-22)21-17(23)13-3-7-15(19)8-4-13/h1-9,11H,10H2,(H,21,23). The molecule has 4 nitrogen and oxygen atoms in total. The zero-order valence-electron chi connectivity index (χ0n) is 12.0. The highest BCUT2D eigenvalue weighted by Gasteiger charge is 2.08. The molecule has 116 valence electrons.